The van der Waals surface area contributed by atoms with E-state index in [1.165, 1.54) is 11.8 Å². The third-order valence-electron chi connectivity index (χ3n) is 2.36. The highest BCUT2D eigenvalue weighted by Crippen LogP contribution is 2.35. The molecule has 2 N–H and O–H groups in total. The normalized spacial score (nSPS) is 10.8. The summed E-state index contributed by atoms with van der Waals surface area (Å²) < 4.78 is 1.77. The van der Waals surface area contributed by atoms with E-state index in [9.17, 15) is 0 Å². The van der Waals surface area contributed by atoms with E-state index in [2.05, 4.69) is 10.1 Å². The number of aromatic nitrogens is 3. The summed E-state index contributed by atoms with van der Waals surface area (Å²) in [5.41, 5.74) is 7.65. The van der Waals surface area contributed by atoms with Crippen LogP contribution in [0.25, 0.3) is 0 Å². The van der Waals surface area contributed by atoms with E-state index in [0.29, 0.717) is 10.7 Å². The molecule has 0 unspecified atom stereocenters. The standard InChI is InChI=1S/C11H13ClN4S/c1-3-8-9(13)11(16(2)15-8)17-10-7(12)5-4-6-14-10/h4-6H,3,13H2,1-2H3. The predicted octanol–water partition coefficient (Wildman–Crippen LogP) is 2.76. The van der Waals surface area contributed by atoms with Gasteiger partial charge in [-0.25, -0.2) is 4.98 Å². The lowest BCUT2D eigenvalue weighted by molar-refractivity contribution is 0.687. The van der Waals surface area contributed by atoms with E-state index < -0.39 is 0 Å². The molecule has 6 heteroatoms. The maximum atomic E-state index is 6.07. The van der Waals surface area contributed by atoms with E-state index in [1.807, 2.05) is 20.0 Å². The summed E-state index contributed by atoms with van der Waals surface area (Å²) in [4.78, 5) is 4.23. The summed E-state index contributed by atoms with van der Waals surface area (Å²) >= 11 is 7.50. The molecule has 4 nitrogen and oxygen atoms in total. The Balaban J connectivity index is 2.37. The van der Waals surface area contributed by atoms with Gasteiger partial charge in [0.15, 0.2) is 0 Å². The maximum absolute atomic E-state index is 6.07. The van der Waals surface area contributed by atoms with Crippen molar-refractivity contribution in [1.82, 2.24) is 14.8 Å². The minimum atomic E-state index is 0.621. The van der Waals surface area contributed by atoms with Crippen LogP contribution in [-0.2, 0) is 13.5 Å². The number of aryl methyl sites for hydroxylation is 2. The maximum Gasteiger partial charge on any atom is 0.123 e. The second kappa shape index (κ2) is 4.98. The van der Waals surface area contributed by atoms with Gasteiger partial charge in [0.05, 0.1) is 16.4 Å². The molecular formula is C11H13ClN4S. The van der Waals surface area contributed by atoms with Crippen LogP contribution >= 0.6 is 23.4 Å². The van der Waals surface area contributed by atoms with Gasteiger partial charge in [-0.3, -0.25) is 4.68 Å². The molecule has 2 rings (SSSR count). The monoisotopic (exact) mass is 268 g/mol. The Bertz CT molecular complexity index is 538. The van der Waals surface area contributed by atoms with Crippen molar-refractivity contribution in [2.75, 3.05) is 5.73 Å². The van der Waals surface area contributed by atoms with E-state index in [-0.39, 0.29) is 0 Å². The molecule has 0 amide bonds. The Labute approximate surface area is 109 Å². The molecule has 0 aliphatic heterocycles. The molecule has 17 heavy (non-hydrogen) atoms. The Kier molecular flexibility index (Phi) is 3.59. The SMILES string of the molecule is CCc1nn(C)c(Sc2ncccc2Cl)c1N. The zero-order valence-corrected chi connectivity index (χ0v) is 11.2. The second-order valence-electron chi connectivity index (χ2n) is 3.54. The zero-order chi connectivity index (χ0) is 12.4. The van der Waals surface area contributed by atoms with Crippen LogP contribution in [0.5, 0.6) is 0 Å². The fraction of sp³-hybridized carbons (Fsp3) is 0.273. The molecule has 2 aromatic heterocycles. The van der Waals surface area contributed by atoms with Crippen LogP contribution in [0.4, 0.5) is 5.69 Å². The molecule has 0 atom stereocenters. The summed E-state index contributed by atoms with van der Waals surface area (Å²) in [5.74, 6) is 0. The highest BCUT2D eigenvalue weighted by Gasteiger charge is 2.15. The van der Waals surface area contributed by atoms with Crippen molar-refractivity contribution in [3.8, 4) is 0 Å². The molecule has 0 fully saturated rings. The first-order valence-corrected chi connectivity index (χ1v) is 6.42. The molecule has 0 aliphatic carbocycles. The van der Waals surface area contributed by atoms with Gasteiger partial charge in [0.1, 0.15) is 10.1 Å². The largest absolute Gasteiger partial charge is 0.395 e. The summed E-state index contributed by atoms with van der Waals surface area (Å²) in [6.45, 7) is 2.03. The van der Waals surface area contributed by atoms with Crippen LogP contribution in [0.3, 0.4) is 0 Å². The van der Waals surface area contributed by atoms with Crippen molar-refractivity contribution in [3.05, 3.63) is 29.0 Å². The van der Waals surface area contributed by atoms with Crippen LogP contribution in [-0.4, -0.2) is 14.8 Å². The van der Waals surface area contributed by atoms with Crippen molar-refractivity contribution in [2.24, 2.45) is 7.05 Å². The number of hydrogen-bond acceptors (Lipinski definition) is 4. The number of anilines is 1. The number of nitrogen functional groups attached to an aromatic ring is 1. The molecule has 90 valence electrons. The first-order valence-electron chi connectivity index (χ1n) is 5.23. The molecule has 0 aromatic carbocycles. The summed E-state index contributed by atoms with van der Waals surface area (Å²) in [7, 11) is 1.87. The van der Waals surface area contributed by atoms with Gasteiger partial charge >= 0.3 is 0 Å². The lowest BCUT2D eigenvalue weighted by Crippen LogP contribution is -1.94. The van der Waals surface area contributed by atoms with Crippen LogP contribution in [0, 0.1) is 0 Å². The van der Waals surface area contributed by atoms with Gasteiger partial charge in [0.2, 0.25) is 0 Å². The third-order valence-corrected chi connectivity index (χ3v) is 3.97. The van der Waals surface area contributed by atoms with Gasteiger partial charge in [-0.2, -0.15) is 5.10 Å². The molecule has 0 bridgehead atoms. The van der Waals surface area contributed by atoms with E-state index >= 15 is 0 Å². The fourth-order valence-corrected chi connectivity index (χ4v) is 2.60. The Morgan fingerprint density at radius 3 is 2.88 bits per heavy atom. The molecule has 2 aromatic rings. The van der Waals surface area contributed by atoms with E-state index in [1.54, 1.807) is 16.9 Å². The van der Waals surface area contributed by atoms with Gasteiger partial charge in [0, 0.05) is 13.2 Å². The van der Waals surface area contributed by atoms with Crippen LogP contribution < -0.4 is 5.73 Å². The predicted molar refractivity (Wildman–Crippen MR) is 70.4 cm³/mol. The summed E-state index contributed by atoms with van der Waals surface area (Å²) in [5, 5.41) is 6.60. The number of pyridine rings is 1. The first kappa shape index (κ1) is 12.3. The Morgan fingerprint density at radius 2 is 2.29 bits per heavy atom. The second-order valence-corrected chi connectivity index (χ2v) is 4.92. The average molecular weight is 269 g/mol. The molecular weight excluding hydrogens is 256 g/mol. The van der Waals surface area contributed by atoms with Gasteiger partial charge in [-0.15, -0.1) is 0 Å². The number of nitrogens with two attached hydrogens (primary N) is 1. The van der Waals surface area contributed by atoms with Crippen LogP contribution in [0.2, 0.25) is 5.02 Å². The smallest absolute Gasteiger partial charge is 0.123 e. The van der Waals surface area contributed by atoms with Gasteiger partial charge in [-0.1, -0.05) is 18.5 Å². The average Bonchev–Trinajstić information content (AvgIpc) is 2.59. The van der Waals surface area contributed by atoms with Crippen LogP contribution in [0.1, 0.15) is 12.6 Å². The van der Waals surface area contributed by atoms with Crippen molar-refractivity contribution in [3.63, 3.8) is 0 Å². The lowest BCUT2D eigenvalue weighted by Gasteiger charge is -2.03. The van der Waals surface area contributed by atoms with Crippen molar-refractivity contribution in [1.29, 1.82) is 0 Å². The molecule has 2 heterocycles. The number of rotatable bonds is 3. The quantitative estimate of drug-likeness (QED) is 0.930. The highest BCUT2D eigenvalue weighted by molar-refractivity contribution is 7.99. The topological polar surface area (TPSA) is 56.7 Å². The fourth-order valence-electron chi connectivity index (χ4n) is 1.50. The highest BCUT2D eigenvalue weighted by atomic mass is 35.5. The zero-order valence-electron chi connectivity index (χ0n) is 9.64. The molecule has 0 saturated carbocycles. The van der Waals surface area contributed by atoms with Gasteiger partial charge < -0.3 is 5.73 Å². The van der Waals surface area contributed by atoms with E-state index in [4.69, 9.17) is 17.3 Å². The van der Waals surface area contributed by atoms with Crippen LogP contribution in [0.15, 0.2) is 28.4 Å². The van der Waals surface area contributed by atoms with Gasteiger partial charge in [0.25, 0.3) is 0 Å². The summed E-state index contributed by atoms with van der Waals surface area (Å²) in [6.07, 6.45) is 2.53. The number of nitrogens with zero attached hydrogens (tertiary/aromatic N) is 3. The van der Waals surface area contributed by atoms with Crippen molar-refractivity contribution in [2.45, 2.75) is 23.4 Å². The minimum Gasteiger partial charge on any atom is -0.395 e. The Morgan fingerprint density at radius 1 is 1.53 bits per heavy atom. The molecule has 0 spiro atoms. The molecule has 0 saturated heterocycles. The van der Waals surface area contributed by atoms with Crippen molar-refractivity contribution < 1.29 is 0 Å². The number of hydrogen-bond donors (Lipinski definition) is 1. The van der Waals surface area contributed by atoms with Gasteiger partial charge in [-0.05, 0) is 30.3 Å². The first-order chi connectivity index (χ1) is 8.13. The summed E-state index contributed by atoms with van der Waals surface area (Å²) in [6, 6.07) is 3.61. The van der Waals surface area contributed by atoms with Crippen molar-refractivity contribution >= 4 is 29.1 Å². The van der Waals surface area contributed by atoms with E-state index in [0.717, 1.165) is 22.2 Å². The third kappa shape index (κ3) is 2.40. The molecule has 0 radical (unpaired) electrons. The Hall–Kier alpha value is -1.20. The number of halogens is 1. The lowest BCUT2D eigenvalue weighted by atomic mass is 10.3. The minimum absolute atomic E-state index is 0.621. The molecule has 0 aliphatic rings.